The molecule has 152 valence electrons. The van der Waals surface area contributed by atoms with Crippen LogP contribution < -0.4 is 0 Å². The molecule has 0 spiro atoms. The third-order valence-electron chi connectivity index (χ3n) is 5.28. The summed E-state index contributed by atoms with van der Waals surface area (Å²) in [4.78, 5) is 4.86. The van der Waals surface area contributed by atoms with Gasteiger partial charge in [0.15, 0.2) is 5.65 Å². The van der Waals surface area contributed by atoms with Gasteiger partial charge in [0.1, 0.15) is 5.82 Å². The average molecular weight is 472 g/mol. The van der Waals surface area contributed by atoms with E-state index in [1.54, 1.807) is 0 Å². The van der Waals surface area contributed by atoms with E-state index in [9.17, 15) is 4.39 Å². The molecule has 0 saturated heterocycles. The summed E-state index contributed by atoms with van der Waals surface area (Å²) < 4.78 is 16.4. The highest BCUT2D eigenvalue weighted by molar-refractivity contribution is 9.10. The molecule has 0 radical (unpaired) electrons. The minimum Gasteiger partial charge on any atom is -0.233 e. The Morgan fingerprint density at radius 1 is 0.871 bits per heavy atom. The van der Waals surface area contributed by atoms with Crippen molar-refractivity contribution in [1.29, 1.82) is 0 Å². The Morgan fingerprint density at radius 3 is 2.29 bits per heavy atom. The molecule has 31 heavy (non-hydrogen) atoms. The molecular formula is C26H19BrFN3. The van der Waals surface area contributed by atoms with Crippen molar-refractivity contribution in [3.63, 3.8) is 0 Å². The first-order valence-corrected chi connectivity index (χ1v) is 10.8. The first kappa shape index (κ1) is 19.6. The van der Waals surface area contributed by atoms with E-state index in [2.05, 4.69) is 46.3 Å². The first-order chi connectivity index (χ1) is 15.1. The molecule has 0 atom stereocenters. The Hall–Kier alpha value is -3.31. The van der Waals surface area contributed by atoms with Crippen molar-refractivity contribution in [2.24, 2.45) is 0 Å². The third-order valence-corrected chi connectivity index (χ3v) is 5.81. The van der Waals surface area contributed by atoms with Crippen molar-refractivity contribution in [3.8, 4) is 22.4 Å². The second-order valence-corrected chi connectivity index (χ2v) is 8.43. The van der Waals surface area contributed by atoms with Gasteiger partial charge in [-0.2, -0.15) is 5.10 Å². The van der Waals surface area contributed by atoms with Crippen molar-refractivity contribution in [1.82, 2.24) is 14.6 Å². The summed E-state index contributed by atoms with van der Waals surface area (Å²) in [6.45, 7) is 2.00. The maximum atomic E-state index is 13.4. The van der Waals surface area contributed by atoms with Crippen LogP contribution in [0.4, 0.5) is 4.39 Å². The van der Waals surface area contributed by atoms with Gasteiger partial charge in [-0.1, -0.05) is 70.5 Å². The summed E-state index contributed by atoms with van der Waals surface area (Å²) in [7, 11) is 0. The molecule has 5 aromatic rings. The van der Waals surface area contributed by atoms with Crippen LogP contribution in [-0.2, 0) is 6.42 Å². The number of rotatable bonds is 4. The largest absolute Gasteiger partial charge is 0.233 e. The lowest BCUT2D eigenvalue weighted by Gasteiger charge is -2.07. The highest BCUT2D eigenvalue weighted by Gasteiger charge is 2.19. The van der Waals surface area contributed by atoms with E-state index in [4.69, 9.17) is 10.1 Å². The van der Waals surface area contributed by atoms with E-state index in [1.807, 2.05) is 53.9 Å². The Bertz CT molecular complexity index is 1360. The average Bonchev–Trinajstić information content (AvgIpc) is 3.13. The molecule has 0 N–H and O–H groups in total. The number of aromatic nitrogens is 3. The minimum atomic E-state index is -0.239. The van der Waals surface area contributed by atoms with Gasteiger partial charge in [0.25, 0.3) is 0 Å². The van der Waals surface area contributed by atoms with Gasteiger partial charge in [0.2, 0.25) is 0 Å². The van der Waals surface area contributed by atoms with Crippen LogP contribution >= 0.6 is 15.9 Å². The summed E-state index contributed by atoms with van der Waals surface area (Å²) in [5.74, 6) is -0.239. The molecule has 2 aromatic heterocycles. The van der Waals surface area contributed by atoms with Gasteiger partial charge in [-0.05, 0) is 48.4 Å². The standard InChI is InChI=1S/C26H19BrFN3/c1-17-15-24(19-9-11-21(27)12-10-19)31-26(29-17)25(20-5-3-2-4-6-20)23(30-31)16-18-7-13-22(28)14-8-18/h2-15H,16H2,1H3. The van der Waals surface area contributed by atoms with Crippen molar-refractivity contribution in [2.45, 2.75) is 13.3 Å². The monoisotopic (exact) mass is 471 g/mol. The van der Waals surface area contributed by atoms with Gasteiger partial charge in [-0.3, -0.25) is 0 Å². The zero-order chi connectivity index (χ0) is 21.4. The van der Waals surface area contributed by atoms with Crippen LogP contribution in [0.1, 0.15) is 17.0 Å². The van der Waals surface area contributed by atoms with Gasteiger partial charge in [0.05, 0.1) is 17.0 Å². The molecule has 0 aliphatic heterocycles. The van der Waals surface area contributed by atoms with Gasteiger partial charge in [-0.25, -0.2) is 13.9 Å². The molecular weight excluding hydrogens is 453 g/mol. The number of halogens is 2. The lowest BCUT2D eigenvalue weighted by molar-refractivity contribution is 0.627. The molecule has 0 bridgehead atoms. The number of aryl methyl sites for hydroxylation is 1. The van der Waals surface area contributed by atoms with Crippen LogP contribution in [-0.4, -0.2) is 14.6 Å². The maximum absolute atomic E-state index is 13.4. The normalized spacial score (nSPS) is 11.2. The van der Waals surface area contributed by atoms with Crippen LogP contribution in [0.5, 0.6) is 0 Å². The minimum absolute atomic E-state index is 0.239. The number of benzene rings is 3. The highest BCUT2D eigenvalue weighted by Crippen LogP contribution is 2.32. The van der Waals surface area contributed by atoms with Crippen molar-refractivity contribution >= 4 is 21.6 Å². The second-order valence-electron chi connectivity index (χ2n) is 7.52. The molecule has 0 aliphatic rings. The van der Waals surface area contributed by atoms with E-state index < -0.39 is 0 Å². The molecule has 0 saturated carbocycles. The number of hydrogen-bond acceptors (Lipinski definition) is 2. The Balaban J connectivity index is 1.76. The summed E-state index contributed by atoms with van der Waals surface area (Å²) in [6, 6.07) is 27.0. The first-order valence-electron chi connectivity index (χ1n) is 10.0. The molecule has 3 aromatic carbocycles. The van der Waals surface area contributed by atoms with Crippen molar-refractivity contribution < 1.29 is 4.39 Å². The summed E-state index contributed by atoms with van der Waals surface area (Å²) in [6.07, 6.45) is 0.590. The zero-order valence-corrected chi connectivity index (χ0v) is 18.5. The molecule has 3 nitrogen and oxygen atoms in total. The molecule has 2 heterocycles. The van der Waals surface area contributed by atoms with Crippen molar-refractivity contribution in [2.75, 3.05) is 0 Å². The fourth-order valence-corrected chi connectivity index (χ4v) is 4.09. The van der Waals surface area contributed by atoms with Crippen molar-refractivity contribution in [3.05, 3.63) is 112 Å². The van der Waals surface area contributed by atoms with E-state index in [0.717, 1.165) is 49.5 Å². The van der Waals surface area contributed by atoms with Crippen LogP contribution in [0.2, 0.25) is 0 Å². The fourth-order valence-electron chi connectivity index (χ4n) is 3.83. The Labute approximate surface area is 188 Å². The second kappa shape index (κ2) is 8.08. The summed E-state index contributed by atoms with van der Waals surface area (Å²) >= 11 is 3.51. The van der Waals surface area contributed by atoms with E-state index in [-0.39, 0.29) is 5.82 Å². The van der Waals surface area contributed by atoms with Gasteiger partial charge in [0, 0.05) is 22.2 Å². The Morgan fingerprint density at radius 2 is 1.58 bits per heavy atom. The van der Waals surface area contributed by atoms with Gasteiger partial charge >= 0.3 is 0 Å². The number of hydrogen-bond donors (Lipinski definition) is 0. The molecule has 0 aliphatic carbocycles. The predicted molar refractivity (Wildman–Crippen MR) is 126 cm³/mol. The zero-order valence-electron chi connectivity index (χ0n) is 16.9. The quantitative estimate of drug-likeness (QED) is 0.286. The molecule has 5 rings (SSSR count). The molecule has 0 amide bonds. The topological polar surface area (TPSA) is 30.2 Å². The molecule has 0 unspecified atom stereocenters. The van der Waals surface area contributed by atoms with Crippen LogP contribution in [0.15, 0.2) is 89.4 Å². The number of fused-ring (bicyclic) bond motifs is 1. The maximum Gasteiger partial charge on any atom is 0.164 e. The Kier molecular flexibility index (Phi) is 5.12. The fraction of sp³-hybridized carbons (Fsp3) is 0.0769. The van der Waals surface area contributed by atoms with Crippen LogP contribution in [0, 0.1) is 12.7 Å². The highest BCUT2D eigenvalue weighted by atomic mass is 79.9. The lowest BCUT2D eigenvalue weighted by atomic mass is 10.0. The van der Waals surface area contributed by atoms with E-state index in [0.29, 0.717) is 6.42 Å². The summed E-state index contributed by atoms with van der Waals surface area (Å²) in [5, 5.41) is 5.00. The smallest absolute Gasteiger partial charge is 0.164 e. The van der Waals surface area contributed by atoms with Gasteiger partial charge in [-0.15, -0.1) is 0 Å². The van der Waals surface area contributed by atoms with Crippen LogP contribution in [0.3, 0.4) is 0 Å². The van der Waals surface area contributed by atoms with Gasteiger partial charge < -0.3 is 0 Å². The third kappa shape index (κ3) is 3.89. The predicted octanol–water partition coefficient (Wildman–Crippen LogP) is 6.86. The number of nitrogens with zero attached hydrogens (tertiary/aromatic N) is 3. The van der Waals surface area contributed by atoms with E-state index >= 15 is 0 Å². The lowest BCUT2D eigenvalue weighted by Crippen LogP contribution is -1.98. The summed E-state index contributed by atoms with van der Waals surface area (Å²) in [5.41, 5.74) is 7.78. The van der Waals surface area contributed by atoms with E-state index in [1.165, 1.54) is 12.1 Å². The SMILES string of the molecule is Cc1cc(-c2ccc(Br)cc2)n2nc(Cc3ccc(F)cc3)c(-c3ccccc3)c2n1. The van der Waals surface area contributed by atoms with Crippen LogP contribution in [0.25, 0.3) is 28.0 Å². The molecule has 5 heteroatoms. The molecule has 0 fully saturated rings.